The maximum atomic E-state index is 13.8. The normalized spacial score (nSPS) is 23.8. The Morgan fingerprint density at radius 3 is 2.24 bits per heavy atom. The highest BCUT2D eigenvalue weighted by molar-refractivity contribution is 8.36. The van der Waals surface area contributed by atoms with Crippen LogP contribution in [-0.4, -0.2) is 26.9 Å². The summed E-state index contributed by atoms with van der Waals surface area (Å²) in [6, 6.07) is 16.8. The fourth-order valence-corrected chi connectivity index (χ4v) is 8.54. The van der Waals surface area contributed by atoms with Crippen molar-refractivity contribution in [1.82, 2.24) is 0 Å². The molecule has 0 aliphatic carbocycles. The smallest absolute Gasteiger partial charge is 0.368 e. The second-order valence-electron chi connectivity index (χ2n) is 8.21. The van der Waals surface area contributed by atoms with E-state index in [9.17, 15) is 4.57 Å². The third-order valence-electron chi connectivity index (χ3n) is 5.18. The van der Waals surface area contributed by atoms with Gasteiger partial charge in [-0.3, -0.25) is 4.57 Å². The van der Waals surface area contributed by atoms with Gasteiger partial charge in [-0.05, 0) is 37.1 Å². The molecule has 3 atom stereocenters. The van der Waals surface area contributed by atoms with E-state index in [0.717, 1.165) is 5.56 Å². The molecule has 1 aliphatic heterocycles. The summed E-state index contributed by atoms with van der Waals surface area (Å²) in [5.74, 6) is -0.467. The lowest BCUT2D eigenvalue weighted by molar-refractivity contribution is -0.0436. The Hall–Kier alpha value is -0.950. The number of hydrogen-bond donors (Lipinski definition) is 0. The minimum atomic E-state index is -3.77. The summed E-state index contributed by atoms with van der Waals surface area (Å²) in [6.45, 7) is 8.28. The summed E-state index contributed by atoms with van der Waals surface area (Å²) in [5, 5.41) is 0. The van der Waals surface area contributed by atoms with Gasteiger partial charge in [0, 0.05) is 5.41 Å². The quantitative estimate of drug-likeness (QED) is 0.248. The summed E-state index contributed by atoms with van der Waals surface area (Å²) < 4.78 is 48.9. The van der Waals surface area contributed by atoms with E-state index in [1.807, 2.05) is 30.3 Å². The van der Waals surface area contributed by atoms with Crippen LogP contribution in [0.5, 0.6) is 5.75 Å². The lowest BCUT2D eigenvalue weighted by atomic mass is 9.83. The predicted octanol–water partition coefficient (Wildman–Crippen LogP) is 7.02. The predicted molar refractivity (Wildman–Crippen MR) is 132 cm³/mol. The molecule has 0 saturated carbocycles. The van der Waals surface area contributed by atoms with Crippen LogP contribution in [0.15, 0.2) is 54.6 Å². The second-order valence-corrected chi connectivity index (χ2v) is 13.2. The van der Waals surface area contributed by atoms with E-state index in [1.165, 1.54) is 0 Å². The molecule has 2 unspecified atom stereocenters. The van der Waals surface area contributed by atoms with Crippen LogP contribution < -0.4 is 4.74 Å². The molecule has 7 nitrogen and oxygen atoms in total. The second kappa shape index (κ2) is 11.2. The fourth-order valence-electron chi connectivity index (χ4n) is 3.54. The topological polar surface area (TPSA) is 72.5 Å². The van der Waals surface area contributed by atoms with Crippen molar-refractivity contribution in [2.45, 2.75) is 39.6 Å². The third kappa shape index (κ3) is 6.39. The van der Waals surface area contributed by atoms with Crippen LogP contribution in [-0.2, 0) is 39.4 Å². The van der Waals surface area contributed by atoms with Crippen molar-refractivity contribution in [2.75, 3.05) is 26.9 Å². The monoisotopic (exact) mass is 514 g/mol. The van der Waals surface area contributed by atoms with E-state index in [1.54, 1.807) is 45.2 Å². The SMILES string of the molecule is CCOP(=O)(OCC)C(O[P+]1([S-])OCC(C)(C)[C@H](c2ccccc2)O1)c1ccc(OC)cc1. The van der Waals surface area contributed by atoms with Crippen molar-refractivity contribution >= 4 is 27.0 Å². The van der Waals surface area contributed by atoms with E-state index >= 15 is 0 Å². The molecule has 1 saturated heterocycles. The first-order valence-corrected chi connectivity index (χ1v) is 15.0. The highest BCUT2D eigenvalue weighted by Crippen LogP contribution is 2.75. The first-order chi connectivity index (χ1) is 15.7. The zero-order chi connectivity index (χ0) is 24.1. The van der Waals surface area contributed by atoms with Crippen molar-refractivity contribution in [3.63, 3.8) is 0 Å². The van der Waals surface area contributed by atoms with Crippen LogP contribution in [0.1, 0.15) is 50.8 Å². The van der Waals surface area contributed by atoms with Crippen LogP contribution in [0.2, 0.25) is 0 Å². The van der Waals surface area contributed by atoms with Crippen molar-refractivity contribution < 1.29 is 31.9 Å². The van der Waals surface area contributed by atoms with Crippen molar-refractivity contribution in [2.24, 2.45) is 5.41 Å². The molecule has 0 spiro atoms. The molecule has 0 N–H and O–H groups in total. The van der Waals surface area contributed by atoms with E-state index in [2.05, 4.69) is 13.8 Å². The molecule has 1 fully saturated rings. The van der Waals surface area contributed by atoms with Crippen LogP contribution in [0.3, 0.4) is 0 Å². The summed E-state index contributed by atoms with van der Waals surface area (Å²) in [4.78, 5) is 0. The van der Waals surface area contributed by atoms with Crippen molar-refractivity contribution in [1.29, 1.82) is 0 Å². The minimum absolute atomic E-state index is 0.178. The van der Waals surface area contributed by atoms with E-state index in [0.29, 0.717) is 17.9 Å². The van der Waals surface area contributed by atoms with Crippen molar-refractivity contribution in [3.05, 3.63) is 65.7 Å². The number of hydrogen-bond acceptors (Lipinski definition) is 8. The van der Waals surface area contributed by atoms with Gasteiger partial charge in [0.1, 0.15) is 18.5 Å². The molecule has 0 aromatic heterocycles. The average molecular weight is 515 g/mol. The molecule has 0 radical (unpaired) electrons. The van der Waals surface area contributed by atoms with Gasteiger partial charge >= 0.3 is 7.60 Å². The highest BCUT2D eigenvalue weighted by atomic mass is 32.7. The zero-order valence-electron chi connectivity index (χ0n) is 19.6. The molecule has 33 heavy (non-hydrogen) atoms. The Bertz CT molecular complexity index is 932. The third-order valence-corrected chi connectivity index (χ3v) is 9.77. The van der Waals surface area contributed by atoms with Gasteiger partial charge < -0.3 is 26.0 Å². The molecule has 2 aromatic rings. The summed E-state index contributed by atoms with van der Waals surface area (Å²) in [7, 11) is -5.52. The van der Waals surface area contributed by atoms with Gasteiger partial charge in [0.15, 0.2) is 0 Å². The Morgan fingerprint density at radius 1 is 1.09 bits per heavy atom. The van der Waals surface area contributed by atoms with E-state index in [-0.39, 0.29) is 24.7 Å². The van der Waals surface area contributed by atoms with Gasteiger partial charge in [-0.15, -0.1) is 0 Å². The molecule has 1 heterocycles. The Morgan fingerprint density at radius 2 is 1.70 bits per heavy atom. The van der Waals surface area contributed by atoms with Gasteiger partial charge in [0.2, 0.25) is 5.85 Å². The average Bonchev–Trinajstić information content (AvgIpc) is 2.80. The molecule has 10 heteroatoms. The Kier molecular flexibility index (Phi) is 9.04. The summed E-state index contributed by atoms with van der Waals surface area (Å²) >= 11 is 5.78. The maximum absolute atomic E-state index is 13.8. The van der Waals surface area contributed by atoms with Crippen LogP contribution >= 0.6 is 14.7 Å². The van der Waals surface area contributed by atoms with Gasteiger partial charge in [-0.2, -0.15) is 13.6 Å². The Balaban J connectivity index is 1.97. The zero-order valence-corrected chi connectivity index (χ0v) is 22.2. The molecule has 0 bridgehead atoms. The van der Waals surface area contributed by atoms with Gasteiger partial charge in [-0.1, -0.05) is 56.3 Å². The van der Waals surface area contributed by atoms with Gasteiger partial charge in [0.05, 0.1) is 20.3 Å². The first kappa shape index (κ1) is 26.7. The lowest BCUT2D eigenvalue weighted by Gasteiger charge is -2.44. The van der Waals surface area contributed by atoms with E-state index in [4.69, 9.17) is 39.6 Å². The number of benzene rings is 2. The highest BCUT2D eigenvalue weighted by Gasteiger charge is 2.53. The van der Waals surface area contributed by atoms with E-state index < -0.39 is 20.6 Å². The standard InChI is InChI=1S/C23H32O7P2S/c1-6-26-31(24,27-7-2)22(19-13-15-20(25-5)16-14-19)30-32(33)28-17-23(3,4)21(29-32)18-11-9-8-10-12-18/h8-16,21-22H,6-7,17H2,1-5H3/t21-,22?,32?/m0/s1. The van der Waals surface area contributed by atoms with Crippen molar-refractivity contribution in [3.8, 4) is 5.75 Å². The summed E-state index contributed by atoms with van der Waals surface area (Å²) in [6.07, 6.45) is -0.353. The summed E-state index contributed by atoms with van der Waals surface area (Å²) in [5.41, 5.74) is 1.20. The lowest BCUT2D eigenvalue weighted by Crippen LogP contribution is -2.35. The van der Waals surface area contributed by atoms with Gasteiger partial charge in [-0.25, -0.2) is 0 Å². The number of ether oxygens (including phenoxy) is 1. The number of methoxy groups -OCH3 is 1. The van der Waals surface area contributed by atoms with Crippen LogP contribution in [0.25, 0.3) is 0 Å². The van der Waals surface area contributed by atoms with Crippen LogP contribution in [0, 0.1) is 5.41 Å². The molecule has 1 aliphatic rings. The largest absolute Gasteiger partial charge is 0.497 e. The van der Waals surface area contributed by atoms with Gasteiger partial charge in [0.25, 0.3) is 7.15 Å². The minimum Gasteiger partial charge on any atom is -0.497 e. The molecule has 182 valence electrons. The van der Waals surface area contributed by atoms with Crippen LogP contribution in [0.4, 0.5) is 0 Å². The molecular weight excluding hydrogens is 482 g/mol. The molecule has 0 amide bonds. The molecule has 2 aromatic carbocycles. The molecular formula is C23H32O7P2S. The Labute approximate surface area is 202 Å². The maximum Gasteiger partial charge on any atom is 0.368 e. The molecule has 3 rings (SSSR count). The fraction of sp³-hybridized carbons (Fsp3) is 0.478. The first-order valence-electron chi connectivity index (χ1n) is 10.9. The number of rotatable bonds is 10.